The van der Waals surface area contributed by atoms with Crippen LogP contribution < -0.4 is 5.32 Å². The highest BCUT2D eigenvalue weighted by Gasteiger charge is 2.04. The molecule has 3 aromatic rings. The molecule has 0 saturated heterocycles. The fraction of sp³-hybridized carbons (Fsp3) is 0.222. The average molecular weight is 281 g/mol. The van der Waals surface area contributed by atoms with Crippen LogP contribution >= 0.6 is 11.3 Å². The second-order valence-corrected chi connectivity index (χ2v) is 6.28. The Morgan fingerprint density at radius 3 is 2.65 bits per heavy atom. The van der Waals surface area contributed by atoms with Gasteiger partial charge in [0.25, 0.3) is 0 Å². The molecule has 0 spiro atoms. The molecule has 1 N–H and O–H groups in total. The zero-order valence-corrected chi connectivity index (χ0v) is 12.5. The van der Waals surface area contributed by atoms with Gasteiger partial charge in [0.2, 0.25) is 0 Å². The van der Waals surface area contributed by atoms with Crippen molar-refractivity contribution >= 4 is 22.1 Å². The van der Waals surface area contributed by atoms with Crippen LogP contribution in [0.5, 0.6) is 0 Å². The third-order valence-corrected chi connectivity index (χ3v) is 4.45. The van der Waals surface area contributed by atoms with E-state index in [4.69, 9.17) is 0 Å². The van der Waals surface area contributed by atoms with Crippen molar-refractivity contribution in [1.82, 2.24) is 5.32 Å². The third kappa shape index (κ3) is 3.27. The van der Waals surface area contributed by atoms with Gasteiger partial charge in [0.1, 0.15) is 0 Å². The monoisotopic (exact) mass is 281 g/mol. The molecular weight excluding hydrogens is 262 g/mol. The molecule has 0 radical (unpaired) electrons. The van der Waals surface area contributed by atoms with Gasteiger partial charge in [-0.25, -0.2) is 0 Å². The van der Waals surface area contributed by atoms with Crippen LogP contribution in [0.15, 0.2) is 60.0 Å². The van der Waals surface area contributed by atoms with Crippen LogP contribution in [-0.2, 0) is 13.0 Å². The highest BCUT2D eigenvalue weighted by atomic mass is 32.1. The van der Waals surface area contributed by atoms with E-state index >= 15 is 0 Å². The van der Waals surface area contributed by atoms with E-state index in [0.717, 1.165) is 13.0 Å². The fourth-order valence-corrected chi connectivity index (χ4v) is 3.28. The summed E-state index contributed by atoms with van der Waals surface area (Å²) >= 11 is 1.83. The van der Waals surface area contributed by atoms with Crippen molar-refractivity contribution in [2.45, 2.75) is 25.9 Å². The summed E-state index contributed by atoms with van der Waals surface area (Å²) in [6.07, 6.45) is 1.10. The lowest BCUT2D eigenvalue weighted by molar-refractivity contribution is 0.549. The van der Waals surface area contributed by atoms with Crippen LogP contribution in [0, 0.1) is 0 Å². The molecule has 1 aromatic heterocycles. The lowest BCUT2D eigenvalue weighted by Crippen LogP contribution is -2.27. The summed E-state index contributed by atoms with van der Waals surface area (Å²) in [5, 5.41) is 8.38. The van der Waals surface area contributed by atoms with E-state index in [1.54, 1.807) is 0 Å². The van der Waals surface area contributed by atoms with Crippen molar-refractivity contribution in [3.8, 4) is 0 Å². The number of hydrogen-bond donors (Lipinski definition) is 1. The Morgan fingerprint density at radius 1 is 1.00 bits per heavy atom. The second-order valence-electron chi connectivity index (χ2n) is 5.25. The van der Waals surface area contributed by atoms with Gasteiger partial charge in [0, 0.05) is 17.5 Å². The molecule has 1 nitrogen and oxygen atoms in total. The Hall–Kier alpha value is -1.64. The molecule has 1 heterocycles. The first kappa shape index (κ1) is 13.3. The molecule has 102 valence electrons. The molecule has 0 aliphatic rings. The fourth-order valence-electron chi connectivity index (χ4n) is 2.44. The van der Waals surface area contributed by atoms with E-state index in [1.165, 1.54) is 21.2 Å². The molecule has 1 unspecified atom stereocenters. The number of thiophene rings is 1. The van der Waals surface area contributed by atoms with Crippen LogP contribution in [0.1, 0.15) is 17.4 Å². The normalized spacial score (nSPS) is 12.7. The van der Waals surface area contributed by atoms with Crippen LogP contribution in [0.3, 0.4) is 0 Å². The van der Waals surface area contributed by atoms with Crippen LogP contribution in [0.4, 0.5) is 0 Å². The predicted octanol–water partition coefficient (Wildman–Crippen LogP) is 4.62. The zero-order chi connectivity index (χ0) is 13.8. The molecule has 20 heavy (non-hydrogen) atoms. The Labute approximate surface area is 124 Å². The predicted molar refractivity (Wildman–Crippen MR) is 88.3 cm³/mol. The van der Waals surface area contributed by atoms with Crippen molar-refractivity contribution in [3.05, 3.63) is 70.4 Å². The summed E-state index contributed by atoms with van der Waals surface area (Å²) in [5.41, 5.74) is 1.35. The maximum atomic E-state index is 3.61. The second kappa shape index (κ2) is 6.21. The minimum Gasteiger partial charge on any atom is -0.310 e. The summed E-state index contributed by atoms with van der Waals surface area (Å²) < 4.78 is 0. The van der Waals surface area contributed by atoms with Crippen molar-refractivity contribution in [2.24, 2.45) is 0 Å². The van der Waals surface area contributed by atoms with E-state index in [0.29, 0.717) is 6.04 Å². The van der Waals surface area contributed by atoms with Crippen molar-refractivity contribution in [1.29, 1.82) is 0 Å². The minimum absolute atomic E-state index is 0.500. The molecule has 1 atom stereocenters. The third-order valence-electron chi connectivity index (χ3n) is 3.56. The lowest BCUT2D eigenvalue weighted by atomic mass is 10.1. The SMILES string of the molecule is CC(Cc1cccs1)NCc1ccc2ccccc2c1. The molecule has 0 aliphatic heterocycles. The van der Waals surface area contributed by atoms with Gasteiger partial charge in [-0.2, -0.15) is 0 Å². The molecule has 2 aromatic carbocycles. The van der Waals surface area contributed by atoms with Crippen molar-refractivity contribution < 1.29 is 0 Å². The Balaban J connectivity index is 1.61. The highest BCUT2D eigenvalue weighted by molar-refractivity contribution is 7.09. The summed E-state index contributed by atoms with van der Waals surface area (Å²) in [7, 11) is 0. The number of fused-ring (bicyclic) bond motifs is 1. The number of benzene rings is 2. The highest BCUT2D eigenvalue weighted by Crippen LogP contribution is 2.16. The Morgan fingerprint density at radius 2 is 1.85 bits per heavy atom. The van der Waals surface area contributed by atoms with Gasteiger partial charge in [0.05, 0.1) is 0 Å². The van der Waals surface area contributed by atoms with Crippen molar-refractivity contribution in [3.63, 3.8) is 0 Å². The van der Waals surface area contributed by atoms with Gasteiger partial charge >= 0.3 is 0 Å². The largest absolute Gasteiger partial charge is 0.310 e. The maximum Gasteiger partial charge on any atom is 0.0208 e. The molecule has 3 rings (SSSR count). The van der Waals surface area contributed by atoms with E-state index in [9.17, 15) is 0 Å². The minimum atomic E-state index is 0.500. The molecule has 0 bridgehead atoms. The molecule has 2 heteroatoms. The number of nitrogens with one attached hydrogen (secondary N) is 1. The van der Waals surface area contributed by atoms with E-state index in [-0.39, 0.29) is 0 Å². The van der Waals surface area contributed by atoms with Gasteiger partial charge in [-0.1, -0.05) is 42.5 Å². The molecule has 0 aliphatic carbocycles. The molecule has 0 amide bonds. The summed E-state index contributed by atoms with van der Waals surface area (Å²) in [4.78, 5) is 1.45. The van der Waals surface area contributed by atoms with Gasteiger partial charge in [-0.05, 0) is 47.2 Å². The van der Waals surface area contributed by atoms with Gasteiger partial charge in [-0.3, -0.25) is 0 Å². The Bertz CT molecular complexity index is 673. The topological polar surface area (TPSA) is 12.0 Å². The summed E-state index contributed by atoms with van der Waals surface area (Å²) in [6, 6.07) is 20.0. The van der Waals surface area contributed by atoms with Crippen LogP contribution in [-0.4, -0.2) is 6.04 Å². The lowest BCUT2D eigenvalue weighted by Gasteiger charge is -2.13. The quantitative estimate of drug-likeness (QED) is 0.719. The number of hydrogen-bond acceptors (Lipinski definition) is 2. The standard InChI is InChI=1S/C18H19NS/c1-14(11-18-7-4-10-20-18)19-13-15-8-9-16-5-2-3-6-17(16)12-15/h2-10,12,14,19H,11,13H2,1H3. The Kier molecular flexibility index (Phi) is 4.14. The first-order chi connectivity index (χ1) is 9.81. The average Bonchev–Trinajstić information content (AvgIpc) is 2.98. The van der Waals surface area contributed by atoms with Crippen molar-refractivity contribution in [2.75, 3.05) is 0 Å². The number of rotatable bonds is 5. The van der Waals surface area contributed by atoms with Gasteiger partial charge < -0.3 is 5.32 Å². The first-order valence-corrected chi connectivity index (χ1v) is 7.93. The van der Waals surface area contributed by atoms with Gasteiger partial charge in [-0.15, -0.1) is 11.3 Å². The van der Waals surface area contributed by atoms with Crippen LogP contribution in [0.2, 0.25) is 0 Å². The molecular formula is C18H19NS. The van der Waals surface area contributed by atoms with E-state index in [1.807, 2.05) is 11.3 Å². The van der Waals surface area contributed by atoms with E-state index < -0.39 is 0 Å². The van der Waals surface area contributed by atoms with Crippen LogP contribution in [0.25, 0.3) is 10.8 Å². The van der Waals surface area contributed by atoms with E-state index in [2.05, 4.69) is 72.2 Å². The summed E-state index contributed by atoms with van der Waals surface area (Å²) in [5.74, 6) is 0. The maximum absolute atomic E-state index is 3.61. The smallest absolute Gasteiger partial charge is 0.0208 e. The molecule has 0 fully saturated rings. The molecule has 0 saturated carbocycles. The van der Waals surface area contributed by atoms with Gasteiger partial charge in [0.15, 0.2) is 0 Å². The zero-order valence-electron chi connectivity index (χ0n) is 11.7. The first-order valence-electron chi connectivity index (χ1n) is 7.05. The summed E-state index contributed by atoms with van der Waals surface area (Å²) in [6.45, 7) is 3.18.